The number of rotatable bonds is 11. The number of amides is 1. The lowest BCUT2D eigenvalue weighted by atomic mass is 9.81. The number of carboxylic acids is 1. The Morgan fingerprint density at radius 3 is 2.50 bits per heavy atom. The topological polar surface area (TPSA) is 121 Å². The Labute approximate surface area is 176 Å². The number of anilines is 2. The standard InChI is InChI=1S/C21H31N3O6/c1-4-21(5-2,20(27)28)19(26)23-17-7-6-16(24-9-15(10-24)29-3)18(22-17)30-12-14-8-13(14)11-25/h6-7,13-15,25H,4-5,8-12H2,1-3H3,(H,27,28)(H,22,23,26)/t13-,14-/m1/s1. The lowest BCUT2D eigenvalue weighted by Gasteiger charge is -2.40. The number of carboxylic acid groups (broad SMARTS) is 1. The Morgan fingerprint density at radius 1 is 1.27 bits per heavy atom. The highest BCUT2D eigenvalue weighted by atomic mass is 16.5. The van der Waals surface area contributed by atoms with Crippen molar-refractivity contribution in [1.82, 2.24) is 4.98 Å². The van der Waals surface area contributed by atoms with E-state index in [2.05, 4.69) is 15.2 Å². The number of nitrogens with one attached hydrogen (secondary N) is 1. The Bertz CT molecular complexity index is 776. The Morgan fingerprint density at radius 2 is 1.97 bits per heavy atom. The molecular formula is C21H31N3O6. The van der Waals surface area contributed by atoms with Gasteiger partial charge in [0.2, 0.25) is 11.8 Å². The number of aliphatic hydroxyl groups excluding tert-OH is 1. The number of aliphatic carboxylic acids is 1. The fourth-order valence-corrected chi connectivity index (χ4v) is 3.76. The van der Waals surface area contributed by atoms with Crippen molar-refractivity contribution in [1.29, 1.82) is 0 Å². The largest absolute Gasteiger partial charge is 0.480 e. The molecule has 0 spiro atoms. The van der Waals surface area contributed by atoms with Crippen molar-refractivity contribution in [3.05, 3.63) is 12.1 Å². The molecule has 166 valence electrons. The van der Waals surface area contributed by atoms with E-state index in [0.29, 0.717) is 18.4 Å². The molecule has 1 aliphatic heterocycles. The van der Waals surface area contributed by atoms with Gasteiger partial charge in [-0.3, -0.25) is 9.59 Å². The van der Waals surface area contributed by atoms with E-state index in [1.165, 1.54) is 0 Å². The number of aliphatic hydroxyl groups is 1. The highest BCUT2D eigenvalue weighted by Gasteiger charge is 2.43. The minimum atomic E-state index is -1.49. The van der Waals surface area contributed by atoms with E-state index in [1.54, 1.807) is 27.0 Å². The Balaban J connectivity index is 1.77. The van der Waals surface area contributed by atoms with Gasteiger partial charge >= 0.3 is 5.97 Å². The van der Waals surface area contributed by atoms with Crippen LogP contribution in [0.2, 0.25) is 0 Å². The van der Waals surface area contributed by atoms with Gasteiger partial charge in [0.25, 0.3) is 0 Å². The van der Waals surface area contributed by atoms with Gasteiger partial charge in [-0.2, -0.15) is 4.98 Å². The van der Waals surface area contributed by atoms with Crippen molar-refractivity contribution in [3.63, 3.8) is 0 Å². The summed E-state index contributed by atoms with van der Waals surface area (Å²) < 4.78 is 11.3. The van der Waals surface area contributed by atoms with Gasteiger partial charge in [0.1, 0.15) is 16.9 Å². The lowest BCUT2D eigenvalue weighted by molar-refractivity contribution is -0.154. The molecule has 1 saturated heterocycles. The second-order valence-corrected chi connectivity index (χ2v) is 8.08. The average Bonchev–Trinajstić information content (AvgIpc) is 3.46. The van der Waals surface area contributed by atoms with Crippen LogP contribution in [0, 0.1) is 17.3 Å². The summed E-state index contributed by atoms with van der Waals surface area (Å²) in [6, 6.07) is 3.48. The second-order valence-electron chi connectivity index (χ2n) is 8.08. The van der Waals surface area contributed by atoms with Crippen molar-refractivity contribution in [2.45, 2.75) is 39.2 Å². The van der Waals surface area contributed by atoms with Gasteiger partial charge in [0.05, 0.1) is 12.7 Å². The van der Waals surface area contributed by atoms with Crippen molar-refractivity contribution in [2.24, 2.45) is 17.3 Å². The number of carbonyl (C=O) groups excluding carboxylic acids is 1. The molecule has 2 aliphatic rings. The molecule has 2 fully saturated rings. The van der Waals surface area contributed by atoms with Gasteiger partial charge in [0, 0.05) is 26.8 Å². The van der Waals surface area contributed by atoms with E-state index in [9.17, 15) is 19.8 Å². The van der Waals surface area contributed by atoms with Crippen LogP contribution in [0.3, 0.4) is 0 Å². The van der Waals surface area contributed by atoms with Crippen molar-refractivity contribution < 1.29 is 29.3 Å². The van der Waals surface area contributed by atoms with Crippen LogP contribution in [0.25, 0.3) is 0 Å². The monoisotopic (exact) mass is 421 g/mol. The highest BCUT2D eigenvalue weighted by molar-refractivity contribution is 6.08. The van der Waals surface area contributed by atoms with Crippen LogP contribution in [-0.4, -0.2) is 66.6 Å². The summed E-state index contributed by atoms with van der Waals surface area (Å²) in [5, 5.41) is 21.5. The third kappa shape index (κ3) is 4.37. The number of hydrogen-bond acceptors (Lipinski definition) is 7. The zero-order valence-electron chi connectivity index (χ0n) is 17.8. The summed E-state index contributed by atoms with van der Waals surface area (Å²) in [6.45, 7) is 5.40. The minimum absolute atomic E-state index is 0.150. The molecule has 2 heterocycles. The predicted octanol–water partition coefficient (Wildman–Crippen LogP) is 1.75. The summed E-state index contributed by atoms with van der Waals surface area (Å²) in [5.74, 6) is -0.524. The summed E-state index contributed by atoms with van der Waals surface area (Å²) >= 11 is 0. The Hall–Kier alpha value is -2.39. The molecule has 9 nitrogen and oxygen atoms in total. The van der Waals surface area contributed by atoms with E-state index in [4.69, 9.17) is 9.47 Å². The van der Waals surface area contributed by atoms with Crippen molar-refractivity contribution in [2.75, 3.05) is 43.6 Å². The fourth-order valence-electron chi connectivity index (χ4n) is 3.76. The average molecular weight is 421 g/mol. The van der Waals surface area contributed by atoms with Crippen LogP contribution in [0.15, 0.2) is 12.1 Å². The molecule has 1 saturated carbocycles. The molecule has 0 bridgehead atoms. The highest BCUT2D eigenvalue weighted by Crippen LogP contribution is 2.39. The van der Waals surface area contributed by atoms with Gasteiger partial charge in [-0.05, 0) is 43.2 Å². The minimum Gasteiger partial charge on any atom is -0.480 e. The molecule has 0 unspecified atom stereocenters. The maximum Gasteiger partial charge on any atom is 0.319 e. The lowest BCUT2D eigenvalue weighted by Crippen LogP contribution is -2.52. The summed E-state index contributed by atoms with van der Waals surface area (Å²) in [4.78, 5) is 31.0. The van der Waals surface area contributed by atoms with E-state index >= 15 is 0 Å². The van der Waals surface area contributed by atoms with Crippen LogP contribution in [0.1, 0.15) is 33.1 Å². The van der Waals surface area contributed by atoms with Crippen molar-refractivity contribution in [3.8, 4) is 5.88 Å². The molecule has 30 heavy (non-hydrogen) atoms. The van der Waals surface area contributed by atoms with Crippen LogP contribution in [0.5, 0.6) is 5.88 Å². The third-order valence-electron chi connectivity index (χ3n) is 6.39. The number of ether oxygens (including phenoxy) is 2. The molecule has 2 atom stereocenters. The van der Waals surface area contributed by atoms with Crippen LogP contribution in [0.4, 0.5) is 11.5 Å². The number of aromatic nitrogens is 1. The Kier molecular flexibility index (Phi) is 6.82. The summed E-state index contributed by atoms with van der Waals surface area (Å²) in [6.07, 6.45) is 1.45. The third-order valence-corrected chi connectivity index (χ3v) is 6.39. The first-order chi connectivity index (χ1) is 14.4. The van der Waals surface area contributed by atoms with Crippen LogP contribution in [-0.2, 0) is 14.3 Å². The van der Waals surface area contributed by atoms with Gasteiger partial charge in [-0.15, -0.1) is 0 Å². The molecule has 1 amide bonds. The first kappa shape index (κ1) is 22.3. The van der Waals surface area contributed by atoms with E-state index < -0.39 is 17.3 Å². The fraction of sp³-hybridized carbons (Fsp3) is 0.667. The number of nitrogens with zero attached hydrogens (tertiary/aromatic N) is 2. The van der Waals surface area contributed by atoms with Crippen molar-refractivity contribution >= 4 is 23.4 Å². The predicted molar refractivity (Wildman–Crippen MR) is 111 cm³/mol. The van der Waals surface area contributed by atoms with Gasteiger partial charge in [-0.25, -0.2) is 0 Å². The van der Waals surface area contributed by atoms with Gasteiger partial charge < -0.3 is 29.9 Å². The zero-order chi connectivity index (χ0) is 21.9. The maximum absolute atomic E-state index is 12.7. The number of methoxy groups -OCH3 is 1. The number of hydrogen-bond donors (Lipinski definition) is 3. The SMILES string of the molecule is CCC(CC)(C(=O)O)C(=O)Nc1ccc(N2CC(OC)C2)c(OC[C@H]2C[C@@H]2CO)n1. The first-order valence-corrected chi connectivity index (χ1v) is 10.5. The molecule has 1 aliphatic carbocycles. The molecule has 3 N–H and O–H groups in total. The maximum atomic E-state index is 12.7. The normalized spacial score (nSPS) is 21.1. The summed E-state index contributed by atoms with van der Waals surface area (Å²) in [5.41, 5.74) is -0.689. The quantitative estimate of drug-likeness (QED) is 0.462. The molecule has 1 aromatic rings. The zero-order valence-corrected chi connectivity index (χ0v) is 17.8. The number of carbonyl (C=O) groups is 2. The molecule has 0 aromatic carbocycles. The van der Waals surface area contributed by atoms with E-state index in [-0.39, 0.29) is 37.3 Å². The first-order valence-electron chi connectivity index (χ1n) is 10.5. The second kappa shape index (κ2) is 9.18. The van der Waals surface area contributed by atoms with E-state index in [0.717, 1.165) is 25.2 Å². The molecule has 1 aromatic heterocycles. The smallest absolute Gasteiger partial charge is 0.319 e. The molecule has 0 radical (unpaired) electrons. The van der Waals surface area contributed by atoms with Crippen LogP contribution >= 0.6 is 0 Å². The van der Waals surface area contributed by atoms with E-state index in [1.807, 2.05) is 6.07 Å². The number of pyridine rings is 1. The molecule has 3 rings (SSSR count). The van der Waals surface area contributed by atoms with Gasteiger partial charge in [-0.1, -0.05) is 13.8 Å². The molecular weight excluding hydrogens is 390 g/mol. The molecule has 9 heteroatoms. The van der Waals surface area contributed by atoms with Crippen LogP contribution < -0.4 is 15.0 Å². The summed E-state index contributed by atoms with van der Waals surface area (Å²) in [7, 11) is 1.68. The van der Waals surface area contributed by atoms with Gasteiger partial charge in [0.15, 0.2) is 0 Å².